The molecule has 4 heteroatoms. The van der Waals surface area contributed by atoms with Crippen LogP contribution in [0.2, 0.25) is 5.02 Å². The molecule has 0 N–H and O–H groups in total. The molecule has 0 amide bonds. The molecule has 16 heavy (non-hydrogen) atoms. The van der Waals surface area contributed by atoms with Gasteiger partial charge in [-0.2, -0.15) is 5.26 Å². The number of carbonyl (C=O) groups is 1. The third-order valence-electron chi connectivity index (χ3n) is 2.72. The minimum absolute atomic E-state index is 0.0501. The largest absolute Gasteiger partial charge is 0.496 e. The Kier molecular flexibility index (Phi) is 2.84. The van der Waals surface area contributed by atoms with Crippen molar-refractivity contribution in [2.24, 2.45) is 11.8 Å². The zero-order chi connectivity index (χ0) is 11.7. The molecule has 0 spiro atoms. The van der Waals surface area contributed by atoms with Crippen molar-refractivity contribution in [3.8, 4) is 11.8 Å². The predicted octanol–water partition coefficient (Wildman–Crippen LogP) is 2.69. The van der Waals surface area contributed by atoms with Crippen LogP contribution in [0, 0.1) is 23.2 Å². The van der Waals surface area contributed by atoms with Crippen molar-refractivity contribution in [1.29, 1.82) is 5.26 Å². The highest BCUT2D eigenvalue weighted by Gasteiger charge is 2.44. The molecule has 0 radical (unpaired) electrons. The van der Waals surface area contributed by atoms with Gasteiger partial charge in [-0.3, -0.25) is 4.79 Å². The maximum atomic E-state index is 12.0. The van der Waals surface area contributed by atoms with Gasteiger partial charge in [-0.1, -0.05) is 11.6 Å². The van der Waals surface area contributed by atoms with E-state index in [0.29, 0.717) is 22.8 Å². The highest BCUT2D eigenvalue weighted by molar-refractivity contribution is 6.31. The number of ketones is 1. The number of nitriles is 1. The van der Waals surface area contributed by atoms with E-state index < -0.39 is 0 Å². The second-order valence-electron chi connectivity index (χ2n) is 3.79. The summed E-state index contributed by atoms with van der Waals surface area (Å²) in [5, 5.41) is 9.19. The van der Waals surface area contributed by atoms with Gasteiger partial charge in [-0.15, -0.1) is 0 Å². The first-order valence-electron chi connectivity index (χ1n) is 4.94. The van der Waals surface area contributed by atoms with Crippen LogP contribution in [0.15, 0.2) is 18.2 Å². The molecule has 3 nitrogen and oxygen atoms in total. The molecule has 0 saturated heterocycles. The van der Waals surface area contributed by atoms with E-state index in [9.17, 15) is 4.79 Å². The van der Waals surface area contributed by atoms with Crippen molar-refractivity contribution in [3.63, 3.8) is 0 Å². The summed E-state index contributed by atoms with van der Waals surface area (Å²) in [6, 6.07) is 7.03. The zero-order valence-corrected chi connectivity index (χ0v) is 9.49. The summed E-state index contributed by atoms with van der Waals surface area (Å²) in [7, 11) is 1.51. The molecule has 2 atom stereocenters. The minimum Gasteiger partial charge on any atom is -0.496 e. The Morgan fingerprint density at radius 2 is 2.38 bits per heavy atom. The van der Waals surface area contributed by atoms with Gasteiger partial charge in [0.15, 0.2) is 5.78 Å². The first-order chi connectivity index (χ1) is 7.67. The molecule has 1 aliphatic carbocycles. The summed E-state index contributed by atoms with van der Waals surface area (Å²) < 4.78 is 5.11. The summed E-state index contributed by atoms with van der Waals surface area (Å²) >= 11 is 5.84. The molecule has 1 aromatic rings. The van der Waals surface area contributed by atoms with Crippen molar-refractivity contribution < 1.29 is 9.53 Å². The number of hydrogen-bond acceptors (Lipinski definition) is 3. The summed E-state index contributed by atoms with van der Waals surface area (Å²) in [5.74, 6) is 0.137. The maximum Gasteiger partial charge on any atom is 0.171 e. The summed E-state index contributed by atoms with van der Waals surface area (Å²) in [5.41, 5.74) is 0.470. The van der Waals surface area contributed by atoms with Crippen molar-refractivity contribution >= 4 is 17.4 Å². The Morgan fingerprint density at radius 3 is 2.94 bits per heavy atom. The highest BCUT2D eigenvalue weighted by atomic mass is 35.5. The molecule has 1 aliphatic rings. The van der Waals surface area contributed by atoms with Crippen LogP contribution in [0.4, 0.5) is 0 Å². The van der Waals surface area contributed by atoms with Crippen LogP contribution in [0.3, 0.4) is 0 Å². The molecule has 2 unspecified atom stereocenters. The van der Waals surface area contributed by atoms with E-state index in [1.807, 2.05) is 0 Å². The summed E-state index contributed by atoms with van der Waals surface area (Å²) in [6.07, 6.45) is 0.644. The molecule has 1 aromatic carbocycles. The summed E-state index contributed by atoms with van der Waals surface area (Å²) in [4.78, 5) is 12.0. The standard InChI is InChI=1S/C12H10ClNO2/c1-16-11-3-2-8(13)5-10(11)12(15)9-4-7(9)6-14/h2-3,5,7,9H,4H2,1H3. The monoisotopic (exact) mass is 235 g/mol. The molecular formula is C12H10ClNO2. The van der Waals surface area contributed by atoms with Crippen molar-refractivity contribution in [3.05, 3.63) is 28.8 Å². The SMILES string of the molecule is COc1ccc(Cl)cc1C(=O)C1CC1C#N. The normalized spacial score (nSPS) is 22.3. The molecule has 0 aromatic heterocycles. The lowest BCUT2D eigenvalue weighted by Crippen LogP contribution is -2.05. The number of rotatable bonds is 3. The Bertz CT molecular complexity index is 478. The van der Waals surface area contributed by atoms with Gasteiger partial charge in [-0.25, -0.2) is 0 Å². The van der Waals surface area contributed by atoms with Crippen LogP contribution in [-0.4, -0.2) is 12.9 Å². The number of Topliss-reactive ketones (excluding diaryl/α,β-unsaturated/α-hetero) is 1. The van der Waals surface area contributed by atoms with Crippen molar-refractivity contribution in [1.82, 2.24) is 0 Å². The molecule has 1 fully saturated rings. The Labute approximate surface area is 98.6 Å². The predicted molar refractivity (Wildman–Crippen MR) is 59.5 cm³/mol. The number of benzene rings is 1. The molecule has 0 heterocycles. The van der Waals surface area contributed by atoms with Gasteiger partial charge in [-0.05, 0) is 24.6 Å². The average Bonchev–Trinajstić information content (AvgIpc) is 3.07. The molecule has 0 bridgehead atoms. The van der Waals surface area contributed by atoms with E-state index in [2.05, 4.69) is 6.07 Å². The number of methoxy groups -OCH3 is 1. The van der Waals surface area contributed by atoms with Gasteiger partial charge in [0, 0.05) is 10.9 Å². The second kappa shape index (κ2) is 4.15. The van der Waals surface area contributed by atoms with Crippen molar-refractivity contribution in [2.45, 2.75) is 6.42 Å². The van der Waals surface area contributed by atoms with Crippen LogP contribution in [0.1, 0.15) is 16.8 Å². The van der Waals surface area contributed by atoms with Gasteiger partial charge < -0.3 is 4.74 Å². The average molecular weight is 236 g/mol. The van der Waals surface area contributed by atoms with E-state index in [0.717, 1.165) is 0 Å². The number of ether oxygens (including phenoxy) is 1. The molecule has 1 saturated carbocycles. The van der Waals surface area contributed by atoms with E-state index in [1.165, 1.54) is 7.11 Å². The van der Waals surface area contributed by atoms with Gasteiger partial charge >= 0.3 is 0 Å². The fraction of sp³-hybridized carbons (Fsp3) is 0.333. The second-order valence-corrected chi connectivity index (χ2v) is 4.22. The molecular weight excluding hydrogens is 226 g/mol. The van der Waals surface area contributed by atoms with Gasteiger partial charge in [0.1, 0.15) is 5.75 Å². The third kappa shape index (κ3) is 1.89. The smallest absolute Gasteiger partial charge is 0.171 e. The van der Waals surface area contributed by atoms with Crippen LogP contribution in [0.5, 0.6) is 5.75 Å². The first kappa shape index (κ1) is 11.0. The number of carbonyl (C=O) groups excluding carboxylic acids is 1. The van der Waals surface area contributed by atoms with E-state index >= 15 is 0 Å². The van der Waals surface area contributed by atoms with Crippen LogP contribution < -0.4 is 4.74 Å². The first-order valence-corrected chi connectivity index (χ1v) is 5.32. The fourth-order valence-electron chi connectivity index (χ4n) is 1.70. The number of nitrogens with zero attached hydrogens (tertiary/aromatic N) is 1. The maximum absolute atomic E-state index is 12.0. The summed E-state index contributed by atoms with van der Waals surface area (Å²) in [6.45, 7) is 0. The lowest BCUT2D eigenvalue weighted by atomic mass is 10.1. The van der Waals surface area contributed by atoms with E-state index in [-0.39, 0.29) is 17.6 Å². The number of hydrogen-bond donors (Lipinski definition) is 0. The molecule has 2 rings (SSSR count). The Morgan fingerprint density at radius 1 is 1.62 bits per heavy atom. The minimum atomic E-state index is -0.183. The van der Waals surface area contributed by atoms with Crippen LogP contribution >= 0.6 is 11.6 Å². The van der Waals surface area contributed by atoms with Gasteiger partial charge in [0.05, 0.1) is 24.7 Å². The van der Waals surface area contributed by atoms with Gasteiger partial charge in [0.2, 0.25) is 0 Å². The lowest BCUT2D eigenvalue weighted by molar-refractivity contribution is 0.0961. The van der Waals surface area contributed by atoms with E-state index in [1.54, 1.807) is 18.2 Å². The topological polar surface area (TPSA) is 50.1 Å². The zero-order valence-electron chi connectivity index (χ0n) is 8.74. The van der Waals surface area contributed by atoms with Crippen molar-refractivity contribution in [2.75, 3.05) is 7.11 Å². The lowest BCUT2D eigenvalue weighted by Gasteiger charge is -2.07. The molecule has 82 valence electrons. The Hall–Kier alpha value is -1.53. The van der Waals surface area contributed by atoms with Gasteiger partial charge in [0.25, 0.3) is 0 Å². The fourth-order valence-corrected chi connectivity index (χ4v) is 1.87. The quantitative estimate of drug-likeness (QED) is 0.757. The number of halogens is 1. The Balaban J connectivity index is 2.30. The van der Waals surface area contributed by atoms with E-state index in [4.69, 9.17) is 21.6 Å². The highest BCUT2D eigenvalue weighted by Crippen LogP contribution is 2.42. The van der Waals surface area contributed by atoms with Crippen LogP contribution in [-0.2, 0) is 0 Å². The van der Waals surface area contributed by atoms with Crippen LogP contribution in [0.25, 0.3) is 0 Å². The third-order valence-corrected chi connectivity index (χ3v) is 2.96. The molecule has 0 aliphatic heterocycles.